The lowest BCUT2D eigenvalue weighted by atomic mass is 9.79. The molecule has 2 heterocycles. The van der Waals surface area contributed by atoms with E-state index in [1.807, 2.05) is 13.8 Å². The van der Waals surface area contributed by atoms with E-state index in [4.69, 9.17) is 0 Å². The molecule has 0 saturated carbocycles. The second kappa shape index (κ2) is 6.18. The minimum absolute atomic E-state index is 0.0498. The van der Waals surface area contributed by atoms with Gasteiger partial charge in [-0.2, -0.15) is 0 Å². The van der Waals surface area contributed by atoms with Crippen LogP contribution in [0.25, 0.3) is 0 Å². The van der Waals surface area contributed by atoms with Crippen LogP contribution in [0.15, 0.2) is 5.38 Å². The van der Waals surface area contributed by atoms with Gasteiger partial charge >= 0.3 is 0 Å². The third-order valence-electron chi connectivity index (χ3n) is 4.29. The molecule has 0 aliphatic carbocycles. The van der Waals surface area contributed by atoms with E-state index in [2.05, 4.69) is 4.98 Å². The summed E-state index contributed by atoms with van der Waals surface area (Å²) in [5.74, 6) is -0.524. The molecule has 7 nitrogen and oxygen atoms in total. The third-order valence-corrected chi connectivity index (χ3v) is 5.12. The summed E-state index contributed by atoms with van der Waals surface area (Å²) >= 11 is 1.12. The minimum atomic E-state index is -1.31. The van der Waals surface area contributed by atoms with E-state index < -0.39 is 11.2 Å². The van der Waals surface area contributed by atoms with Crippen LogP contribution in [-0.2, 0) is 0 Å². The van der Waals surface area contributed by atoms with Crippen molar-refractivity contribution in [3.8, 4) is 0 Å². The Kier molecular flexibility index (Phi) is 4.79. The highest BCUT2D eigenvalue weighted by Crippen LogP contribution is 2.33. The van der Waals surface area contributed by atoms with Gasteiger partial charge in [0.25, 0.3) is 11.8 Å². The summed E-state index contributed by atoms with van der Waals surface area (Å²) in [5.41, 5.74) is -2.32. The lowest BCUT2D eigenvalue weighted by molar-refractivity contribution is -0.192. The maximum absolute atomic E-state index is 12.3. The second-order valence-corrected chi connectivity index (χ2v) is 7.13. The first-order valence-corrected chi connectivity index (χ1v) is 8.49. The highest BCUT2D eigenvalue weighted by molar-refractivity contribution is 7.11. The zero-order valence-electron chi connectivity index (χ0n) is 13.9. The van der Waals surface area contributed by atoms with E-state index in [-0.39, 0.29) is 35.6 Å². The Hall–Kier alpha value is -1.51. The molecule has 2 N–H and O–H groups in total. The summed E-state index contributed by atoms with van der Waals surface area (Å²) in [6.07, 6.45) is 0. The quantitative estimate of drug-likeness (QED) is 0.817. The first-order chi connectivity index (χ1) is 10.6. The molecule has 0 bridgehead atoms. The summed E-state index contributed by atoms with van der Waals surface area (Å²) < 4.78 is 0. The van der Waals surface area contributed by atoms with Crippen molar-refractivity contribution in [2.45, 2.75) is 38.9 Å². The number of carbonyl (C=O) groups excluding carboxylic acids is 2. The second-order valence-electron chi connectivity index (χ2n) is 6.27. The van der Waals surface area contributed by atoms with Crippen molar-refractivity contribution in [3.63, 3.8) is 0 Å². The van der Waals surface area contributed by atoms with Gasteiger partial charge in [-0.25, -0.2) is 4.98 Å². The highest BCUT2D eigenvalue weighted by atomic mass is 32.1. The Morgan fingerprint density at radius 2 is 1.96 bits per heavy atom. The van der Waals surface area contributed by atoms with Crippen LogP contribution in [-0.4, -0.2) is 74.2 Å². The molecular formula is C15H23N3O4S. The maximum atomic E-state index is 12.3. The monoisotopic (exact) mass is 341 g/mol. The van der Waals surface area contributed by atoms with Gasteiger partial charge in [-0.3, -0.25) is 9.59 Å². The van der Waals surface area contributed by atoms with Crippen LogP contribution in [0.4, 0.5) is 0 Å². The summed E-state index contributed by atoms with van der Waals surface area (Å²) in [6, 6.07) is 0. The molecule has 1 saturated heterocycles. The van der Waals surface area contributed by atoms with Gasteiger partial charge in [-0.05, 0) is 27.7 Å². The van der Waals surface area contributed by atoms with Crippen molar-refractivity contribution in [2.75, 3.05) is 26.2 Å². The zero-order valence-corrected chi connectivity index (χ0v) is 14.7. The lowest BCUT2D eigenvalue weighted by Crippen LogP contribution is -2.72. The van der Waals surface area contributed by atoms with Gasteiger partial charge < -0.3 is 20.0 Å². The fourth-order valence-electron chi connectivity index (χ4n) is 2.39. The molecule has 0 radical (unpaired) electrons. The summed E-state index contributed by atoms with van der Waals surface area (Å²) in [5, 5.41) is 21.9. The van der Waals surface area contributed by atoms with Gasteiger partial charge in [0, 0.05) is 18.5 Å². The standard InChI is InChI=1S/C15H23N3O4S/c1-5-17(6-2)12(19)10-7-23-11(16-10)13(20)18-8-15(22,9-18)14(3,4)21/h7,21-22H,5-6,8-9H2,1-4H3. The van der Waals surface area contributed by atoms with Gasteiger partial charge in [0.2, 0.25) is 0 Å². The Morgan fingerprint density at radius 1 is 1.39 bits per heavy atom. The molecule has 1 aliphatic rings. The number of amides is 2. The van der Waals surface area contributed by atoms with Crippen LogP contribution in [0.1, 0.15) is 48.0 Å². The molecule has 0 unspecified atom stereocenters. The van der Waals surface area contributed by atoms with E-state index in [9.17, 15) is 19.8 Å². The van der Waals surface area contributed by atoms with E-state index in [0.717, 1.165) is 11.3 Å². The number of nitrogens with zero attached hydrogens (tertiary/aromatic N) is 3. The normalized spacial score (nSPS) is 16.9. The smallest absolute Gasteiger partial charge is 0.283 e. The van der Waals surface area contributed by atoms with Crippen molar-refractivity contribution >= 4 is 23.2 Å². The van der Waals surface area contributed by atoms with Crippen molar-refractivity contribution < 1.29 is 19.8 Å². The van der Waals surface area contributed by atoms with E-state index in [0.29, 0.717) is 13.1 Å². The number of hydrogen-bond acceptors (Lipinski definition) is 6. The van der Waals surface area contributed by atoms with Crippen LogP contribution >= 0.6 is 11.3 Å². The Bertz CT molecular complexity index is 598. The summed E-state index contributed by atoms with van der Waals surface area (Å²) in [4.78, 5) is 31.7. The minimum Gasteiger partial charge on any atom is -0.387 e. The predicted octanol–water partition coefficient (Wildman–Crippen LogP) is 0.583. The molecule has 0 spiro atoms. The first kappa shape index (κ1) is 17.8. The van der Waals surface area contributed by atoms with Crippen LogP contribution in [0, 0.1) is 0 Å². The first-order valence-electron chi connectivity index (χ1n) is 7.61. The van der Waals surface area contributed by atoms with E-state index in [1.165, 1.54) is 18.7 Å². The average molecular weight is 341 g/mol. The molecule has 8 heteroatoms. The van der Waals surface area contributed by atoms with Gasteiger partial charge in [0.05, 0.1) is 18.7 Å². The number of thiazole rings is 1. The largest absolute Gasteiger partial charge is 0.387 e. The molecular weight excluding hydrogens is 318 g/mol. The molecule has 1 fully saturated rings. The number of hydrogen-bond donors (Lipinski definition) is 2. The maximum Gasteiger partial charge on any atom is 0.283 e. The fourth-order valence-corrected chi connectivity index (χ4v) is 3.15. The summed E-state index contributed by atoms with van der Waals surface area (Å²) in [7, 11) is 0. The van der Waals surface area contributed by atoms with Crippen LogP contribution in [0.3, 0.4) is 0 Å². The van der Waals surface area contributed by atoms with Gasteiger partial charge in [-0.15, -0.1) is 11.3 Å². The Morgan fingerprint density at radius 3 is 2.43 bits per heavy atom. The number of carbonyl (C=O) groups is 2. The molecule has 1 aromatic heterocycles. The van der Waals surface area contributed by atoms with Crippen LogP contribution in [0.5, 0.6) is 0 Å². The third kappa shape index (κ3) is 3.24. The van der Waals surface area contributed by atoms with Crippen molar-refractivity contribution in [1.29, 1.82) is 0 Å². The van der Waals surface area contributed by atoms with Gasteiger partial charge in [0.1, 0.15) is 11.3 Å². The highest BCUT2D eigenvalue weighted by Gasteiger charge is 2.53. The van der Waals surface area contributed by atoms with Crippen molar-refractivity contribution in [1.82, 2.24) is 14.8 Å². The number of aliphatic hydroxyl groups is 2. The molecule has 0 aromatic carbocycles. The van der Waals surface area contributed by atoms with Crippen molar-refractivity contribution in [2.24, 2.45) is 0 Å². The molecule has 1 aromatic rings. The fraction of sp³-hybridized carbons (Fsp3) is 0.667. The van der Waals surface area contributed by atoms with Gasteiger partial charge in [0.15, 0.2) is 5.01 Å². The van der Waals surface area contributed by atoms with Crippen LogP contribution in [0.2, 0.25) is 0 Å². The topological polar surface area (TPSA) is 94.0 Å². The SMILES string of the molecule is CCN(CC)C(=O)c1csc(C(=O)N2CC(O)(C(C)(C)O)C2)n1. The number of aromatic nitrogens is 1. The van der Waals surface area contributed by atoms with E-state index >= 15 is 0 Å². The molecule has 128 valence electrons. The number of β-amino-alcohol motifs (C(OH)–C–C–N with tert-alkyl or cyclic N) is 1. The van der Waals surface area contributed by atoms with Crippen LogP contribution < -0.4 is 0 Å². The Balaban J connectivity index is 2.05. The average Bonchev–Trinajstić information content (AvgIpc) is 2.92. The van der Waals surface area contributed by atoms with Gasteiger partial charge in [-0.1, -0.05) is 0 Å². The zero-order chi connectivity index (χ0) is 17.4. The van der Waals surface area contributed by atoms with E-state index in [1.54, 1.807) is 10.3 Å². The number of likely N-dealkylation sites (tertiary alicyclic amines) is 1. The van der Waals surface area contributed by atoms with Crippen molar-refractivity contribution in [3.05, 3.63) is 16.1 Å². The molecule has 23 heavy (non-hydrogen) atoms. The molecule has 2 rings (SSSR count). The summed E-state index contributed by atoms with van der Waals surface area (Å²) in [6.45, 7) is 8.07. The molecule has 2 amide bonds. The Labute approximate surface area is 139 Å². The number of rotatable bonds is 5. The molecule has 1 aliphatic heterocycles. The predicted molar refractivity (Wildman–Crippen MR) is 86.5 cm³/mol. The molecule has 0 atom stereocenters. The lowest BCUT2D eigenvalue weighted by Gasteiger charge is -2.52.